The van der Waals surface area contributed by atoms with Crippen molar-refractivity contribution in [3.63, 3.8) is 0 Å². The van der Waals surface area contributed by atoms with E-state index in [0.717, 1.165) is 54.1 Å². The number of hydrogen-bond donors (Lipinski definition) is 1. The predicted octanol–water partition coefficient (Wildman–Crippen LogP) is 2.55. The molecule has 6 heteroatoms. The number of fused-ring (bicyclic) bond motifs is 1. The summed E-state index contributed by atoms with van der Waals surface area (Å²) >= 11 is 0. The molecule has 1 aromatic carbocycles. The van der Waals surface area contributed by atoms with E-state index in [9.17, 15) is 0 Å². The summed E-state index contributed by atoms with van der Waals surface area (Å²) in [6.07, 6.45) is 4.62. The zero-order valence-corrected chi connectivity index (χ0v) is 14.3. The van der Waals surface area contributed by atoms with Gasteiger partial charge in [-0.3, -0.25) is 9.88 Å². The Bertz CT molecular complexity index is 974. The zero-order valence-electron chi connectivity index (χ0n) is 14.3. The minimum absolute atomic E-state index is 0.345. The predicted molar refractivity (Wildman–Crippen MR) is 98.7 cm³/mol. The molecule has 4 rings (SSSR count). The lowest BCUT2D eigenvalue weighted by atomic mass is 10.1. The molecule has 0 saturated carbocycles. The molecule has 0 fully saturated rings. The van der Waals surface area contributed by atoms with Gasteiger partial charge in [-0.2, -0.15) is 5.26 Å². The average molecular weight is 342 g/mol. The van der Waals surface area contributed by atoms with Gasteiger partial charge in [0.25, 0.3) is 0 Å². The Morgan fingerprint density at radius 2 is 2.08 bits per heavy atom. The average Bonchev–Trinajstić information content (AvgIpc) is 2.69. The number of anilines is 1. The fraction of sp³-hybridized carbons (Fsp3) is 0.200. The Morgan fingerprint density at radius 1 is 1.15 bits per heavy atom. The van der Waals surface area contributed by atoms with Crippen LogP contribution in [-0.2, 0) is 19.5 Å². The van der Waals surface area contributed by atoms with Gasteiger partial charge in [0.05, 0.1) is 23.0 Å². The van der Waals surface area contributed by atoms with Crippen molar-refractivity contribution >= 4 is 5.95 Å². The quantitative estimate of drug-likeness (QED) is 0.786. The van der Waals surface area contributed by atoms with E-state index in [4.69, 9.17) is 11.0 Å². The van der Waals surface area contributed by atoms with Crippen molar-refractivity contribution in [2.45, 2.75) is 19.5 Å². The largest absolute Gasteiger partial charge is 0.368 e. The molecule has 6 nitrogen and oxygen atoms in total. The number of hydrogen-bond acceptors (Lipinski definition) is 6. The highest BCUT2D eigenvalue weighted by atomic mass is 15.1. The summed E-state index contributed by atoms with van der Waals surface area (Å²) in [6, 6.07) is 13.8. The molecule has 2 aromatic heterocycles. The van der Waals surface area contributed by atoms with Crippen molar-refractivity contribution in [2.24, 2.45) is 0 Å². The number of rotatable bonds is 3. The molecule has 128 valence electrons. The molecule has 0 bridgehead atoms. The molecule has 1 aliphatic heterocycles. The van der Waals surface area contributed by atoms with E-state index in [1.165, 1.54) is 0 Å². The Balaban J connectivity index is 1.46. The van der Waals surface area contributed by atoms with Gasteiger partial charge >= 0.3 is 0 Å². The second kappa shape index (κ2) is 6.90. The van der Waals surface area contributed by atoms with Crippen LogP contribution in [0, 0.1) is 11.3 Å². The van der Waals surface area contributed by atoms with Crippen LogP contribution < -0.4 is 5.73 Å². The molecular formula is C20H18N6. The lowest BCUT2D eigenvalue weighted by Gasteiger charge is -2.27. The van der Waals surface area contributed by atoms with Crippen molar-refractivity contribution < 1.29 is 0 Å². The molecule has 0 unspecified atom stereocenters. The highest BCUT2D eigenvalue weighted by molar-refractivity contribution is 5.61. The van der Waals surface area contributed by atoms with Gasteiger partial charge in [0.1, 0.15) is 0 Å². The van der Waals surface area contributed by atoms with Crippen LogP contribution in [0.2, 0.25) is 0 Å². The molecule has 0 spiro atoms. The fourth-order valence-electron chi connectivity index (χ4n) is 3.22. The number of benzene rings is 1. The standard InChI is InChI=1S/C20H18N6/c21-9-14-2-1-3-16(8-14)18-5-4-15(10-23-18)12-26-7-6-19-17(13-26)11-24-20(22)25-19/h1-5,8,10-11H,6-7,12-13H2,(H2,22,24,25). The first-order chi connectivity index (χ1) is 12.7. The zero-order chi connectivity index (χ0) is 17.9. The van der Waals surface area contributed by atoms with E-state index >= 15 is 0 Å². The molecule has 2 N–H and O–H groups in total. The summed E-state index contributed by atoms with van der Waals surface area (Å²) in [4.78, 5) is 15.3. The molecule has 0 saturated heterocycles. The third-order valence-corrected chi connectivity index (χ3v) is 4.55. The van der Waals surface area contributed by atoms with Crippen LogP contribution in [0.25, 0.3) is 11.3 Å². The minimum Gasteiger partial charge on any atom is -0.368 e. The molecule has 26 heavy (non-hydrogen) atoms. The summed E-state index contributed by atoms with van der Waals surface area (Å²) in [5.74, 6) is 0.345. The summed E-state index contributed by atoms with van der Waals surface area (Å²) in [6.45, 7) is 2.59. The second-order valence-corrected chi connectivity index (χ2v) is 6.41. The second-order valence-electron chi connectivity index (χ2n) is 6.41. The fourth-order valence-corrected chi connectivity index (χ4v) is 3.22. The smallest absolute Gasteiger partial charge is 0.220 e. The van der Waals surface area contributed by atoms with Crippen LogP contribution in [0.15, 0.2) is 48.8 Å². The highest BCUT2D eigenvalue weighted by Crippen LogP contribution is 2.21. The van der Waals surface area contributed by atoms with Crippen molar-refractivity contribution in [1.82, 2.24) is 19.9 Å². The van der Waals surface area contributed by atoms with Crippen LogP contribution in [0.1, 0.15) is 22.4 Å². The van der Waals surface area contributed by atoms with Crippen molar-refractivity contribution in [2.75, 3.05) is 12.3 Å². The van der Waals surface area contributed by atoms with Gasteiger partial charge in [0, 0.05) is 49.6 Å². The lowest BCUT2D eigenvalue weighted by Crippen LogP contribution is -2.31. The van der Waals surface area contributed by atoms with E-state index in [1.54, 1.807) is 6.07 Å². The van der Waals surface area contributed by atoms with Gasteiger partial charge in [0.2, 0.25) is 5.95 Å². The number of nitrogen functional groups attached to an aromatic ring is 1. The summed E-state index contributed by atoms with van der Waals surface area (Å²) in [5.41, 5.74) is 11.5. The van der Waals surface area contributed by atoms with Gasteiger partial charge in [0.15, 0.2) is 0 Å². The number of pyridine rings is 1. The maximum atomic E-state index is 9.03. The van der Waals surface area contributed by atoms with Crippen LogP contribution in [0.3, 0.4) is 0 Å². The van der Waals surface area contributed by atoms with E-state index in [0.29, 0.717) is 11.5 Å². The third-order valence-electron chi connectivity index (χ3n) is 4.55. The lowest BCUT2D eigenvalue weighted by molar-refractivity contribution is 0.243. The van der Waals surface area contributed by atoms with Crippen LogP contribution in [-0.4, -0.2) is 26.4 Å². The summed E-state index contributed by atoms with van der Waals surface area (Å²) < 4.78 is 0. The molecular weight excluding hydrogens is 324 g/mol. The highest BCUT2D eigenvalue weighted by Gasteiger charge is 2.18. The SMILES string of the molecule is N#Cc1cccc(-c2ccc(CN3CCc4nc(N)ncc4C3)cn2)c1. The van der Waals surface area contributed by atoms with Crippen molar-refractivity contribution in [3.05, 3.63) is 71.2 Å². The van der Waals surface area contributed by atoms with Crippen molar-refractivity contribution in [3.8, 4) is 17.3 Å². The molecule has 3 aromatic rings. The number of nitriles is 1. The number of nitrogens with two attached hydrogens (primary N) is 1. The van der Waals surface area contributed by atoms with Crippen molar-refractivity contribution in [1.29, 1.82) is 5.26 Å². The van der Waals surface area contributed by atoms with Crippen LogP contribution in [0.5, 0.6) is 0 Å². The van der Waals surface area contributed by atoms with Gasteiger partial charge < -0.3 is 5.73 Å². The third kappa shape index (κ3) is 3.39. The maximum absolute atomic E-state index is 9.03. The van der Waals surface area contributed by atoms with E-state index in [-0.39, 0.29) is 0 Å². The molecule has 0 radical (unpaired) electrons. The van der Waals surface area contributed by atoms with Gasteiger partial charge in [-0.25, -0.2) is 9.97 Å². The first kappa shape index (κ1) is 16.2. The van der Waals surface area contributed by atoms with Gasteiger partial charge in [-0.1, -0.05) is 18.2 Å². The van der Waals surface area contributed by atoms with Crippen LogP contribution in [0.4, 0.5) is 5.95 Å². The van der Waals surface area contributed by atoms with E-state index < -0.39 is 0 Å². The van der Waals surface area contributed by atoms with Gasteiger partial charge in [-0.15, -0.1) is 0 Å². The van der Waals surface area contributed by atoms with E-state index in [2.05, 4.69) is 32.0 Å². The minimum atomic E-state index is 0.345. The Morgan fingerprint density at radius 3 is 2.88 bits per heavy atom. The summed E-state index contributed by atoms with van der Waals surface area (Å²) in [7, 11) is 0. The first-order valence-electron chi connectivity index (χ1n) is 8.49. The number of nitrogens with zero attached hydrogens (tertiary/aromatic N) is 5. The van der Waals surface area contributed by atoms with Gasteiger partial charge in [-0.05, 0) is 23.8 Å². The Kier molecular flexibility index (Phi) is 4.30. The number of aromatic nitrogens is 3. The first-order valence-corrected chi connectivity index (χ1v) is 8.49. The topological polar surface area (TPSA) is 91.7 Å². The molecule has 1 aliphatic rings. The monoisotopic (exact) mass is 342 g/mol. The van der Waals surface area contributed by atoms with Crippen LogP contribution >= 0.6 is 0 Å². The molecule has 3 heterocycles. The Hall–Kier alpha value is -3.30. The van der Waals surface area contributed by atoms with E-state index in [1.807, 2.05) is 36.7 Å². The summed E-state index contributed by atoms with van der Waals surface area (Å²) in [5, 5.41) is 9.03. The Labute approximate surface area is 152 Å². The maximum Gasteiger partial charge on any atom is 0.220 e. The normalized spacial score (nSPS) is 13.8. The molecule has 0 atom stereocenters. The molecule has 0 aliphatic carbocycles. The molecule has 0 amide bonds.